The molecule has 1 atom stereocenters. The molecule has 0 amide bonds. The van der Waals surface area contributed by atoms with E-state index in [4.69, 9.17) is 5.73 Å². The third kappa shape index (κ3) is 3.10. The molecule has 0 saturated carbocycles. The minimum atomic E-state index is 0.253. The zero-order valence-corrected chi connectivity index (χ0v) is 14.3. The molecule has 108 valence electrons. The maximum atomic E-state index is 5.95. The monoisotopic (exact) mass is 372 g/mol. The summed E-state index contributed by atoms with van der Waals surface area (Å²) in [5.41, 5.74) is 5.95. The largest absolute Gasteiger partial charge is 0.329 e. The molecule has 2 aromatic heterocycles. The van der Waals surface area contributed by atoms with E-state index < -0.39 is 0 Å². The van der Waals surface area contributed by atoms with Gasteiger partial charge in [0.2, 0.25) is 0 Å². The minimum Gasteiger partial charge on any atom is -0.329 e. The minimum absolute atomic E-state index is 0.253. The Hall–Kier alpha value is -0.370. The predicted octanol–water partition coefficient (Wildman–Crippen LogP) is 3.62. The van der Waals surface area contributed by atoms with Crippen LogP contribution in [0.5, 0.6) is 0 Å². The average molecular weight is 373 g/mol. The summed E-state index contributed by atoms with van der Waals surface area (Å²) in [4.78, 5) is 1.29. The van der Waals surface area contributed by atoms with Gasteiger partial charge in [0, 0.05) is 24.4 Å². The van der Waals surface area contributed by atoms with Crippen LogP contribution in [0.3, 0.4) is 0 Å². The van der Waals surface area contributed by atoms with Crippen molar-refractivity contribution >= 4 is 39.0 Å². The van der Waals surface area contributed by atoms with Gasteiger partial charge in [-0.05, 0) is 40.9 Å². The Morgan fingerprint density at radius 1 is 1.35 bits per heavy atom. The van der Waals surface area contributed by atoms with Crippen molar-refractivity contribution < 1.29 is 0 Å². The van der Waals surface area contributed by atoms with E-state index in [0.29, 0.717) is 6.54 Å². The van der Waals surface area contributed by atoms with Crippen molar-refractivity contribution in [2.75, 3.05) is 6.54 Å². The van der Waals surface area contributed by atoms with Crippen LogP contribution >= 0.6 is 39.0 Å². The van der Waals surface area contributed by atoms with Gasteiger partial charge in [-0.3, -0.25) is 0 Å². The number of fused-ring (bicyclic) bond motifs is 1. The molecular formula is C13H17BrN4S2. The van der Waals surface area contributed by atoms with E-state index in [0.717, 1.165) is 27.7 Å². The molecule has 0 spiro atoms. The highest BCUT2D eigenvalue weighted by Gasteiger charge is 2.20. The summed E-state index contributed by atoms with van der Waals surface area (Å²) in [5.74, 6) is 1.13. The molecule has 0 bridgehead atoms. The summed E-state index contributed by atoms with van der Waals surface area (Å²) >= 11 is 7.00. The first-order valence-corrected chi connectivity index (χ1v) is 9.31. The summed E-state index contributed by atoms with van der Waals surface area (Å²) in [6.07, 6.45) is 4.77. The lowest BCUT2D eigenvalue weighted by atomic mass is 10.2. The Morgan fingerprint density at radius 3 is 3.00 bits per heavy atom. The Kier molecular flexibility index (Phi) is 4.80. The highest BCUT2D eigenvalue weighted by atomic mass is 79.9. The van der Waals surface area contributed by atoms with E-state index in [1.165, 1.54) is 24.1 Å². The molecule has 0 saturated heterocycles. The maximum absolute atomic E-state index is 5.95. The van der Waals surface area contributed by atoms with Crippen molar-refractivity contribution in [1.29, 1.82) is 0 Å². The van der Waals surface area contributed by atoms with Crippen molar-refractivity contribution in [1.82, 2.24) is 14.8 Å². The van der Waals surface area contributed by atoms with Gasteiger partial charge in [0.15, 0.2) is 5.16 Å². The van der Waals surface area contributed by atoms with Crippen LogP contribution in [-0.2, 0) is 13.0 Å². The van der Waals surface area contributed by atoms with E-state index in [9.17, 15) is 0 Å². The van der Waals surface area contributed by atoms with Gasteiger partial charge in [-0.2, -0.15) is 0 Å². The zero-order chi connectivity index (χ0) is 13.9. The van der Waals surface area contributed by atoms with Gasteiger partial charge in [0.05, 0.1) is 9.04 Å². The summed E-state index contributed by atoms with van der Waals surface area (Å²) in [6.45, 7) is 1.65. The molecule has 0 fully saturated rings. The van der Waals surface area contributed by atoms with Gasteiger partial charge < -0.3 is 10.3 Å². The first-order chi connectivity index (χ1) is 9.78. The van der Waals surface area contributed by atoms with Gasteiger partial charge >= 0.3 is 0 Å². The van der Waals surface area contributed by atoms with Crippen LogP contribution < -0.4 is 5.73 Å². The van der Waals surface area contributed by atoms with Crippen LogP contribution in [0.15, 0.2) is 21.1 Å². The Labute approximate surface area is 135 Å². The third-order valence-corrected chi connectivity index (χ3v) is 6.58. The van der Waals surface area contributed by atoms with Crippen LogP contribution in [-0.4, -0.2) is 21.3 Å². The number of aryl methyl sites for hydroxylation is 1. The fourth-order valence-corrected chi connectivity index (χ4v) is 5.06. The molecule has 3 rings (SSSR count). The van der Waals surface area contributed by atoms with E-state index >= 15 is 0 Å². The van der Waals surface area contributed by atoms with E-state index in [2.05, 4.69) is 42.8 Å². The van der Waals surface area contributed by atoms with Gasteiger partial charge in [0.1, 0.15) is 5.82 Å². The van der Waals surface area contributed by atoms with E-state index in [1.807, 2.05) is 0 Å². The summed E-state index contributed by atoms with van der Waals surface area (Å²) in [7, 11) is 0. The molecule has 1 unspecified atom stereocenters. The zero-order valence-electron chi connectivity index (χ0n) is 11.1. The van der Waals surface area contributed by atoms with Crippen LogP contribution in [0.2, 0.25) is 0 Å². The third-order valence-electron chi connectivity index (χ3n) is 3.45. The second-order valence-electron chi connectivity index (χ2n) is 4.85. The lowest BCUT2D eigenvalue weighted by Crippen LogP contribution is -2.10. The molecule has 1 aliphatic heterocycles. The quantitative estimate of drug-likeness (QED) is 0.832. The molecule has 4 nitrogen and oxygen atoms in total. The smallest absolute Gasteiger partial charge is 0.191 e. The maximum Gasteiger partial charge on any atom is 0.191 e. The van der Waals surface area contributed by atoms with Gasteiger partial charge in [-0.1, -0.05) is 18.2 Å². The number of thiophene rings is 1. The molecule has 2 aromatic rings. The number of rotatable bonds is 4. The van der Waals surface area contributed by atoms with Gasteiger partial charge in [-0.25, -0.2) is 0 Å². The first kappa shape index (κ1) is 14.6. The van der Waals surface area contributed by atoms with Gasteiger partial charge in [-0.15, -0.1) is 21.5 Å². The second-order valence-corrected chi connectivity index (χ2v) is 8.51. The number of aromatic nitrogens is 3. The molecule has 20 heavy (non-hydrogen) atoms. The highest BCUT2D eigenvalue weighted by molar-refractivity contribution is 9.11. The number of nitrogens with zero attached hydrogens (tertiary/aromatic N) is 3. The molecule has 1 aliphatic rings. The first-order valence-electron chi connectivity index (χ1n) is 6.82. The highest BCUT2D eigenvalue weighted by Crippen LogP contribution is 2.38. The van der Waals surface area contributed by atoms with Crippen LogP contribution in [0.1, 0.15) is 35.2 Å². The molecule has 7 heteroatoms. The van der Waals surface area contributed by atoms with Crippen molar-refractivity contribution in [3.8, 4) is 0 Å². The average Bonchev–Trinajstić information content (AvgIpc) is 2.96. The number of halogens is 1. The van der Waals surface area contributed by atoms with Crippen molar-refractivity contribution in [3.63, 3.8) is 0 Å². The number of thioether (sulfide) groups is 1. The molecule has 3 heterocycles. The predicted molar refractivity (Wildman–Crippen MR) is 87.2 cm³/mol. The normalized spacial score (nSPS) is 16.7. The lowest BCUT2D eigenvalue weighted by molar-refractivity contribution is 0.590. The number of hydrogen-bond acceptors (Lipinski definition) is 5. The molecule has 0 aromatic carbocycles. The van der Waals surface area contributed by atoms with Crippen molar-refractivity contribution in [2.45, 2.75) is 42.6 Å². The standard InChI is InChI=1S/C13H17BrN4S2/c14-11-6-5-9(19-11)10(8-15)20-13-17-16-12-4-2-1-3-7-18(12)13/h5-6,10H,1-4,7-8,15H2. The van der Waals surface area contributed by atoms with E-state index in [1.54, 1.807) is 23.1 Å². The Bertz CT molecular complexity index is 581. The summed E-state index contributed by atoms with van der Waals surface area (Å²) in [5, 5.41) is 9.99. The Balaban J connectivity index is 1.81. The van der Waals surface area contributed by atoms with Gasteiger partial charge in [0.25, 0.3) is 0 Å². The fourth-order valence-electron chi connectivity index (χ4n) is 2.40. The van der Waals surface area contributed by atoms with Crippen LogP contribution in [0.4, 0.5) is 0 Å². The van der Waals surface area contributed by atoms with Crippen molar-refractivity contribution in [2.24, 2.45) is 5.73 Å². The van der Waals surface area contributed by atoms with Crippen LogP contribution in [0.25, 0.3) is 0 Å². The van der Waals surface area contributed by atoms with E-state index in [-0.39, 0.29) is 5.25 Å². The number of nitrogens with two attached hydrogens (primary N) is 1. The molecule has 0 radical (unpaired) electrons. The van der Waals surface area contributed by atoms with Crippen molar-refractivity contribution in [3.05, 3.63) is 26.6 Å². The summed E-state index contributed by atoms with van der Waals surface area (Å²) in [6, 6.07) is 4.21. The fraction of sp³-hybridized carbons (Fsp3) is 0.538. The summed E-state index contributed by atoms with van der Waals surface area (Å²) < 4.78 is 3.43. The van der Waals surface area contributed by atoms with Crippen LogP contribution in [0, 0.1) is 0 Å². The lowest BCUT2D eigenvalue weighted by Gasteiger charge is -2.13. The molecule has 0 aliphatic carbocycles. The molecule has 2 N–H and O–H groups in total. The Morgan fingerprint density at radius 2 is 2.25 bits per heavy atom. The number of hydrogen-bond donors (Lipinski definition) is 1. The topological polar surface area (TPSA) is 56.7 Å². The SMILES string of the molecule is NCC(Sc1nnc2n1CCCCC2)c1ccc(Br)s1. The second kappa shape index (κ2) is 6.60. The molecular weight excluding hydrogens is 356 g/mol.